The first-order valence-corrected chi connectivity index (χ1v) is 7.15. The molecule has 1 saturated heterocycles. The van der Waals surface area contributed by atoms with E-state index in [4.69, 9.17) is 0 Å². The molecule has 1 aromatic carbocycles. The number of hydrogen-bond donors (Lipinski definition) is 1. The minimum Gasteiger partial charge on any atom is -0.371 e. The van der Waals surface area contributed by atoms with Crippen molar-refractivity contribution in [1.82, 2.24) is 5.32 Å². The lowest BCUT2D eigenvalue weighted by molar-refractivity contribution is -0.121. The number of benzene rings is 1. The summed E-state index contributed by atoms with van der Waals surface area (Å²) < 4.78 is 0. The van der Waals surface area contributed by atoms with E-state index in [1.54, 1.807) is 6.92 Å². The summed E-state index contributed by atoms with van der Waals surface area (Å²) >= 11 is 0. The van der Waals surface area contributed by atoms with E-state index in [-0.39, 0.29) is 11.4 Å². The SMILES string of the molecule is CCC1(NC(C)=O)CCN(c2ccc(C)cc2)CC1. The van der Waals surface area contributed by atoms with Gasteiger partial charge in [-0.3, -0.25) is 4.79 Å². The van der Waals surface area contributed by atoms with Gasteiger partial charge >= 0.3 is 0 Å². The van der Waals surface area contributed by atoms with Crippen molar-refractivity contribution >= 4 is 11.6 Å². The number of nitrogens with zero attached hydrogens (tertiary/aromatic N) is 1. The smallest absolute Gasteiger partial charge is 0.217 e. The molecule has 0 radical (unpaired) electrons. The molecule has 3 nitrogen and oxygen atoms in total. The summed E-state index contributed by atoms with van der Waals surface area (Å²) in [4.78, 5) is 13.8. The third-order valence-electron chi connectivity index (χ3n) is 4.24. The van der Waals surface area contributed by atoms with Crippen LogP contribution in [0.2, 0.25) is 0 Å². The maximum absolute atomic E-state index is 11.3. The molecule has 104 valence electrons. The van der Waals surface area contributed by atoms with Crippen LogP contribution in [-0.4, -0.2) is 24.5 Å². The highest BCUT2D eigenvalue weighted by molar-refractivity contribution is 5.73. The topological polar surface area (TPSA) is 32.3 Å². The van der Waals surface area contributed by atoms with Gasteiger partial charge in [0.15, 0.2) is 0 Å². The van der Waals surface area contributed by atoms with Crippen LogP contribution in [0.4, 0.5) is 5.69 Å². The van der Waals surface area contributed by atoms with Gasteiger partial charge in [0.25, 0.3) is 0 Å². The van der Waals surface area contributed by atoms with E-state index >= 15 is 0 Å². The minimum atomic E-state index is 0.00697. The zero-order chi connectivity index (χ0) is 13.9. The summed E-state index contributed by atoms with van der Waals surface area (Å²) in [5, 5.41) is 3.16. The van der Waals surface area contributed by atoms with Crippen molar-refractivity contribution in [2.75, 3.05) is 18.0 Å². The molecule has 1 aliphatic heterocycles. The zero-order valence-corrected chi connectivity index (χ0v) is 12.2. The van der Waals surface area contributed by atoms with Gasteiger partial charge in [0.05, 0.1) is 0 Å². The second-order valence-corrected chi connectivity index (χ2v) is 5.64. The van der Waals surface area contributed by atoms with Gasteiger partial charge in [-0.05, 0) is 38.3 Å². The van der Waals surface area contributed by atoms with Crippen LogP contribution in [0.25, 0.3) is 0 Å². The van der Waals surface area contributed by atoms with E-state index < -0.39 is 0 Å². The first-order chi connectivity index (χ1) is 9.04. The predicted molar refractivity (Wildman–Crippen MR) is 79.5 cm³/mol. The number of hydrogen-bond acceptors (Lipinski definition) is 2. The highest BCUT2D eigenvalue weighted by atomic mass is 16.1. The van der Waals surface area contributed by atoms with Gasteiger partial charge < -0.3 is 10.2 Å². The number of aryl methyl sites for hydroxylation is 1. The lowest BCUT2D eigenvalue weighted by atomic mass is 9.84. The van der Waals surface area contributed by atoms with Gasteiger partial charge in [0.2, 0.25) is 5.91 Å². The number of carbonyl (C=O) groups excluding carboxylic acids is 1. The zero-order valence-electron chi connectivity index (χ0n) is 12.2. The molecule has 0 unspecified atom stereocenters. The average molecular weight is 260 g/mol. The minimum absolute atomic E-state index is 0.00697. The number of nitrogens with one attached hydrogen (secondary N) is 1. The first kappa shape index (κ1) is 13.9. The fraction of sp³-hybridized carbons (Fsp3) is 0.562. The largest absolute Gasteiger partial charge is 0.371 e. The molecular weight excluding hydrogens is 236 g/mol. The standard InChI is InChI=1S/C16H24N2O/c1-4-16(17-14(3)19)9-11-18(12-10-16)15-7-5-13(2)6-8-15/h5-8H,4,9-12H2,1-3H3,(H,17,19). The molecule has 0 saturated carbocycles. The quantitative estimate of drug-likeness (QED) is 0.906. The van der Waals surface area contributed by atoms with Crippen LogP contribution in [0.1, 0.15) is 38.7 Å². The van der Waals surface area contributed by atoms with Crippen molar-refractivity contribution in [3.8, 4) is 0 Å². The highest BCUT2D eigenvalue weighted by Gasteiger charge is 2.33. The Labute approximate surface area is 116 Å². The number of rotatable bonds is 3. The second-order valence-electron chi connectivity index (χ2n) is 5.64. The maximum atomic E-state index is 11.3. The van der Waals surface area contributed by atoms with Crippen molar-refractivity contribution in [2.24, 2.45) is 0 Å². The lowest BCUT2D eigenvalue weighted by Gasteiger charge is -2.42. The third kappa shape index (κ3) is 3.28. The summed E-state index contributed by atoms with van der Waals surface area (Å²) in [6, 6.07) is 8.69. The third-order valence-corrected chi connectivity index (χ3v) is 4.24. The molecular formula is C16H24N2O. The number of piperidine rings is 1. The van der Waals surface area contributed by atoms with Gasteiger partial charge in [-0.15, -0.1) is 0 Å². The van der Waals surface area contributed by atoms with Crippen molar-refractivity contribution in [2.45, 2.75) is 45.6 Å². The van der Waals surface area contributed by atoms with Crippen LogP contribution < -0.4 is 10.2 Å². The molecule has 0 atom stereocenters. The van der Waals surface area contributed by atoms with Gasteiger partial charge in [-0.25, -0.2) is 0 Å². The molecule has 1 N–H and O–H groups in total. The van der Waals surface area contributed by atoms with Crippen LogP contribution >= 0.6 is 0 Å². The van der Waals surface area contributed by atoms with Gasteiger partial charge in [0, 0.05) is 31.2 Å². The Morgan fingerprint density at radius 1 is 1.26 bits per heavy atom. The van der Waals surface area contributed by atoms with E-state index in [1.165, 1.54) is 11.3 Å². The van der Waals surface area contributed by atoms with Crippen LogP contribution in [0.15, 0.2) is 24.3 Å². The Kier molecular flexibility index (Phi) is 4.13. The monoisotopic (exact) mass is 260 g/mol. The van der Waals surface area contributed by atoms with E-state index in [1.807, 2.05) is 0 Å². The van der Waals surface area contributed by atoms with Gasteiger partial charge in [-0.1, -0.05) is 24.6 Å². The van der Waals surface area contributed by atoms with E-state index in [0.29, 0.717) is 0 Å². The Balaban J connectivity index is 2.01. The lowest BCUT2D eigenvalue weighted by Crippen LogP contribution is -2.54. The molecule has 0 aliphatic carbocycles. The molecule has 1 aliphatic rings. The van der Waals surface area contributed by atoms with Gasteiger partial charge in [-0.2, -0.15) is 0 Å². The van der Waals surface area contributed by atoms with Crippen molar-refractivity contribution in [3.05, 3.63) is 29.8 Å². The average Bonchev–Trinajstić information content (AvgIpc) is 2.40. The van der Waals surface area contributed by atoms with Crippen molar-refractivity contribution in [3.63, 3.8) is 0 Å². The molecule has 1 heterocycles. The fourth-order valence-corrected chi connectivity index (χ4v) is 2.89. The van der Waals surface area contributed by atoms with E-state index in [0.717, 1.165) is 32.4 Å². The summed E-state index contributed by atoms with van der Waals surface area (Å²) in [5.74, 6) is 0.0886. The molecule has 3 heteroatoms. The van der Waals surface area contributed by atoms with Crippen LogP contribution in [0, 0.1) is 6.92 Å². The Hall–Kier alpha value is -1.51. The highest BCUT2D eigenvalue weighted by Crippen LogP contribution is 2.28. The van der Waals surface area contributed by atoms with Crippen LogP contribution in [-0.2, 0) is 4.79 Å². The van der Waals surface area contributed by atoms with Crippen LogP contribution in [0.3, 0.4) is 0 Å². The number of carbonyl (C=O) groups is 1. The molecule has 0 bridgehead atoms. The summed E-state index contributed by atoms with van der Waals surface area (Å²) in [5.41, 5.74) is 2.59. The molecule has 1 amide bonds. The van der Waals surface area contributed by atoms with Crippen LogP contribution in [0.5, 0.6) is 0 Å². The Morgan fingerprint density at radius 3 is 2.32 bits per heavy atom. The second kappa shape index (κ2) is 5.64. The first-order valence-electron chi connectivity index (χ1n) is 7.15. The van der Waals surface area contributed by atoms with Gasteiger partial charge in [0.1, 0.15) is 0 Å². The summed E-state index contributed by atoms with van der Waals surface area (Å²) in [6.07, 6.45) is 3.06. The molecule has 2 rings (SSSR count). The van der Waals surface area contributed by atoms with E-state index in [9.17, 15) is 4.79 Å². The Morgan fingerprint density at radius 2 is 1.84 bits per heavy atom. The fourth-order valence-electron chi connectivity index (χ4n) is 2.89. The summed E-state index contributed by atoms with van der Waals surface area (Å²) in [6.45, 7) is 7.91. The van der Waals surface area contributed by atoms with Crippen molar-refractivity contribution < 1.29 is 4.79 Å². The molecule has 0 spiro atoms. The molecule has 1 aromatic rings. The Bertz CT molecular complexity index is 431. The molecule has 1 fully saturated rings. The maximum Gasteiger partial charge on any atom is 0.217 e. The summed E-state index contributed by atoms with van der Waals surface area (Å²) in [7, 11) is 0. The van der Waals surface area contributed by atoms with E-state index in [2.05, 4.69) is 48.3 Å². The molecule has 19 heavy (non-hydrogen) atoms. The number of amides is 1. The predicted octanol–water partition coefficient (Wildman–Crippen LogP) is 2.88. The van der Waals surface area contributed by atoms with Crippen molar-refractivity contribution in [1.29, 1.82) is 0 Å². The number of anilines is 1. The normalized spacial score (nSPS) is 18.2. The molecule has 0 aromatic heterocycles.